The summed E-state index contributed by atoms with van der Waals surface area (Å²) in [5, 5.41) is 0.896. The zero-order valence-corrected chi connectivity index (χ0v) is 9.11. The third-order valence-electron chi connectivity index (χ3n) is 2.68. The molecule has 0 fully saturated rings. The van der Waals surface area contributed by atoms with Crippen molar-refractivity contribution in [1.29, 1.82) is 0 Å². The van der Waals surface area contributed by atoms with Gasteiger partial charge in [0.25, 0.3) is 0 Å². The first-order valence-electron chi connectivity index (χ1n) is 5.49. The number of rotatable bonds is 2. The van der Waals surface area contributed by atoms with Crippen LogP contribution in [-0.2, 0) is 0 Å². The molecule has 0 atom stereocenters. The molecule has 3 nitrogen and oxygen atoms in total. The molecule has 0 amide bonds. The minimum atomic E-state index is -0.137. The molecule has 1 N–H and O–H groups in total. The highest BCUT2D eigenvalue weighted by atomic mass is 19.1. The van der Waals surface area contributed by atoms with Gasteiger partial charge in [0.05, 0.1) is 5.39 Å². The minimum absolute atomic E-state index is 0. The highest BCUT2D eigenvalue weighted by molar-refractivity contribution is 5.82. The van der Waals surface area contributed by atoms with E-state index in [1.807, 2.05) is 12.1 Å². The van der Waals surface area contributed by atoms with Crippen molar-refractivity contribution in [2.24, 2.45) is 0 Å². The Hall–Kier alpha value is -2.10. The molecule has 0 bridgehead atoms. The molecule has 0 radical (unpaired) electrons. The summed E-state index contributed by atoms with van der Waals surface area (Å²) in [6.45, 7) is 0. The van der Waals surface area contributed by atoms with Crippen molar-refractivity contribution >= 4 is 11.0 Å². The molecule has 2 heterocycles. The van der Waals surface area contributed by atoms with Gasteiger partial charge in [0, 0.05) is 26.3 Å². The molecule has 4 heteroatoms. The molecule has 0 saturated heterocycles. The maximum absolute atomic E-state index is 13.1. The van der Waals surface area contributed by atoms with Crippen molar-refractivity contribution in [3.63, 3.8) is 0 Å². The fourth-order valence-corrected chi connectivity index (χ4v) is 1.86. The quantitative estimate of drug-likeness (QED) is 0.856. The molecule has 0 aliphatic heterocycles. The molecule has 88 valence electrons. The standard InChI is InChI=1S/C13H11FN2O.H2/c14-9-2-1-3-10(8-9)17-12-5-7-16-13-11(12)4-6-15-13;/h3-8H,1-2H2,(H,15,16);1H. The zero-order chi connectivity index (χ0) is 11.7. The Bertz CT molecular complexity index is 618. The lowest BCUT2D eigenvalue weighted by molar-refractivity contribution is 0.433. The number of halogens is 1. The maximum Gasteiger partial charge on any atom is 0.140 e. The van der Waals surface area contributed by atoms with Crippen LogP contribution in [0.4, 0.5) is 4.39 Å². The van der Waals surface area contributed by atoms with Gasteiger partial charge in [-0.05, 0) is 24.6 Å². The number of aromatic nitrogens is 2. The summed E-state index contributed by atoms with van der Waals surface area (Å²) in [6.07, 6.45) is 7.93. The molecule has 17 heavy (non-hydrogen) atoms. The van der Waals surface area contributed by atoms with Crippen molar-refractivity contribution in [2.45, 2.75) is 12.8 Å². The lowest BCUT2D eigenvalue weighted by Gasteiger charge is -2.11. The fraction of sp³-hybridized carbons (Fsp3) is 0.154. The Morgan fingerprint density at radius 3 is 3.24 bits per heavy atom. The summed E-state index contributed by atoms with van der Waals surface area (Å²) in [5.74, 6) is 1.11. The van der Waals surface area contributed by atoms with Crippen LogP contribution in [0.1, 0.15) is 14.3 Å². The van der Waals surface area contributed by atoms with Gasteiger partial charge in [-0.25, -0.2) is 9.37 Å². The van der Waals surface area contributed by atoms with Gasteiger partial charge in [-0.3, -0.25) is 0 Å². The van der Waals surface area contributed by atoms with E-state index in [4.69, 9.17) is 4.74 Å². The first-order valence-corrected chi connectivity index (χ1v) is 5.49. The number of hydrogen-bond acceptors (Lipinski definition) is 2. The van der Waals surface area contributed by atoms with Crippen LogP contribution in [0.5, 0.6) is 5.75 Å². The fourth-order valence-electron chi connectivity index (χ4n) is 1.86. The Kier molecular flexibility index (Phi) is 2.40. The smallest absolute Gasteiger partial charge is 0.140 e. The molecule has 0 aromatic carbocycles. The van der Waals surface area contributed by atoms with Crippen LogP contribution in [0.2, 0.25) is 0 Å². The second-order valence-corrected chi connectivity index (χ2v) is 3.89. The first kappa shape index (κ1) is 10.1. The van der Waals surface area contributed by atoms with E-state index >= 15 is 0 Å². The molecule has 0 saturated carbocycles. The van der Waals surface area contributed by atoms with E-state index in [9.17, 15) is 4.39 Å². The normalized spacial score (nSPS) is 15.6. The third-order valence-corrected chi connectivity index (χ3v) is 2.68. The molecule has 1 aliphatic carbocycles. The number of fused-ring (bicyclic) bond motifs is 1. The van der Waals surface area contributed by atoms with Gasteiger partial charge in [0.1, 0.15) is 23.0 Å². The Morgan fingerprint density at radius 2 is 2.35 bits per heavy atom. The number of allylic oxidation sites excluding steroid dienone is 3. The van der Waals surface area contributed by atoms with Crippen LogP contribution in [0.25, 0.3) is 11.0 Å². The van der Waals surface area contributed by atoms with E-state index in [2.05, 4.69) is 9.97 Å². The van der Waals surface area contributed by atoms with Gasteiger partial charge in [-0.2, -0.15) is 0 Å². The second kappa shape index (κ2) is 4.05. The Labute approximate surface area is 99.1 Å². The lowest BCUT2D eigenvalue weighted by atomic mass is 10.1. The van der Waals surface area contributed by atoms with Gasteiger partial charge in [0.2, 0.25) is 0 Å². The summed E-state index contributed by atoms with van der Waals surface area (Å²) in [4.78, 5) is 7.17. The molecule has 2 aromatic rings. The van der Waals surface area contributed by atoms with E-state index in [0.29, 0.717) is 24.4 Å². The predicted molar refractivity (Wildman–Crippen MR) is 65.3 cm³/mol. The number of hydrogen-bond donors (Lipinski definition) is 1. The molecule has 0 unspecified atom stereocenters. The van der Waals surface area contributed by atoms with Gasteiger partial charge < -0.3 is 9.72 Å². The van der Waals surface area contributed by atoms with Crippen molar-refractivity contribution in [3.05, 3.63) is 48.3 Å². The number of aromatic amines is 1. The molecular weight excluding hydrogens is 219 g/mol. The predicted octanol–water partition coefficient (Wildman–Crippen LogP) is 3.72. The van der Waals surface area contributed by atoms with Crippen molar-refractivity contribution in [3.8, 4) is 5.75 Å². The van der Waals surface area contributed by atoms with Gasteiger partial charge in [0.15, 0.2) is 0 Å². The monoisotopic (exact) mass is 232 g/mol. The third kappa shape index (κ3) is 1.93. The number of nitrogens with one attached hydrogen (secondary N) is 1. The van der Waals surface area contributed by atoms with Crippen LogP contribution in [0.15, 0.2) is 48.3 Å². The van der Waals surface area contributed by atoms with E-state index in [1.54, 1.807) is 18.5 Å². The molecule has 1 aliphatic rings. The summed E-state index contributed by atoms with van der Waals surface area (Å²) in [7, 11) is 0. The largest absolute Gasteiger partial charge is 0.457 e. The zero-order valence-electron chi connectivity index (χ0n) is 9.11. The second-order valence-electron chi connectivity index (χ2n) is 3.89. The first-order chi connectivity index (χ1) is 8.33. The van der Waals surface area contributed by atoms with E-state index < -0.39 is 0 Å². The van der Waals surface area contributed by atoms with Crippen LogP contribution in [0, 0.1) is 0 Å². The van der Waals surface area contributed by atoms with Crippen molar-refractivity contribution in [1.82, 2.24) is 9.97 Å². The van der Waals surface area contributed by atoms with Crippen molar-refractivity contribution in [2.75, 3.05) is 0 Å². The average Bonchev–Trinajstić information content (AvgIpc) is 2.78. The lowest BCUT2D eigenvalue weighted by Crippen LogP contribution is -1.97. The molecule has 3 rings (SSSR count). The van der Waals surface area contributed by atoms with Crippen LogP contribution >= 0.6 is 0 Å². The van der Waals surface area contributed by atoms with Crippen LogP contribution in [0.3, 0.4) is 0 Å². The summed E-state index contributed by atoms with van der Waals surface area (Å²) < 4.78 is 18.8. The molecular formula is C13H13FN2O. The van der Waals surface area contributed by atoms with Gasteiger partial charge in [-0.1, -0.05) is 0 Å². The highest BCUT2D eigenvalue weighted by Crippen LogP contribution is 2.27. The maximum atomic E-state index is 13.1. The average molecular weight is 232 g/mol. The van der Waals surface area contributed by atoms with Gasteiger partial charge >= 0.3 is 0 Å². The summed E-state index contributed by atoms with van der Waals surface area (Å²) in [5.41, 5.74) is 0.767. The van der Waals surface area contributed by atoms with Gasteiger partial charge in [-0.15, -0.1) is 0 Å². The topological polar surface area (TPSA) is 37.9 Å². The number of pyridine rings is 1. The van der Waals surface area contributed by atoms with Crippen molar-refractivity contribution < 1.29 is 10.6 Å². The number of ether oxygens (including phenoxy) is 1. The van der Waals surface area contributed by atoms with E-state index in [-0.39, 0.29) is 7.25 Å². The highest BCUT2D eigenvalue weighted by Gasteiger charge is 2.09. The molecule has 2 aromatic heterocycles. The van der Waals surface area contributed by atoms with Crippen LogP contribution in [-0.4, -0.2) is 9.97 Å². The minimum Gasteiger partial charge on any atom is -0.457 e. The SMILES string of the molecule is FC1=CC(Oc2ccnc3[nH]ccc23)=CCC1.[HH]. The summed E-state index contributed by atoms with van der Waals surface area (Å²) in [6, 6.07) is 3.67. The van der Waals surface area contributed by atoms with Crippen LogP contribution < -0.4 is 4.74 Å². The van der Waals surface area contributed by atoms with E-state index in [0.717, 1.165) is 11.0 Å². The Morgan fingerprint density at radius 1 is 1.41 bits per heavy atom. The molecule has 0 spiro atoms. The number of nitrogens with zero attached hydrogens (tertiary/aromatic N) is 1. The Balaban J connectivity index is 0.00000120. The summed E-state index contributed by atoms with van der Waals surface area (Å²) >= 11 is 0. The number of H-pyrrole nitrogens is 1. The van der Waals surface area contributed by atoms with E-state index in [1.165, 1.54) is 6.08 Å².